The quantitative estimate of drug-likeness (QED) is 0.471. The monoisotopic (exact) mass is 441 g/mol. The fraction of sp³-hybridized carbons (Fsp3) is 0.185. The van der Waals surface area contributed by atoms with Crippen LogP contribution >= 0.6 is 0 Å². The Labute approximate surface area is 191 Å². The second kappa shape index (κ2) is 8.90. The maximum atomic E-state index is 13.4. The molecule has 1 aliphatic rings. The van der Waals surface area contributed by atoms with E-state index in [0.29, 0.717) is 43.9 Å². The van der Waals surface area contributed by atoms with E-state index in [0.717, 1.165) is 10.9 Å². The van der Waals surface area contributed by atoms with Crippen molar-refractivity contribution in [2.45, 2.75) is 6.54 Å². The van der Waals surface area contributed by atoms with Gasteiger partial charge in [0.1, 0.15) is 5.82 Å². The predicted molar refractivity (Wildman–Crippen MR) is 126 cm³/mol. The van der Waals surface area contributed by atoms with Crippen molar-refractivity contribution < 1.29 is 14.0 Å². The van der Waals surface area contributed by atoms with Crippen LogP contribution in [0.1, 0.15) is 26.3 Å². The minimum atomic E-state index is -0.367. The number of hydrogen-bond donors (Lipinski definition) is 0. The molecule has 0 saturated carbocycles. The third-order valence-electron chi connectivity index (χ3n) is 6.16. The molecule has 0 bridgehead atoms. The van der Waals surface area contributed by atoms with Crippen LogP contribution < -0.4 is 0 Å². The Bertz CT molecular complexity index is 1290. The molecular formula is C27H24FN3O2. The molecule has 33 heavy (non-hydrogen) atoms. The number of carbonyl (C=O) groups is 2. The third kappa shape index (κ3) is 4.24. The van der Waals surface area contributed by atoms with Crippen LogP contribution in [0.5, 0.6) is 0 Å². The van der Waals surface area contributed by atoms with Gasteiger partial charge in [-0.2, -0.15) is 0 Å². The van der Waals surface area contributed by atoms with Crippen molar-refractivity contribution in [1.82, 2.24) is 14.4 Å². The zero-order chi connectivity index (χ0) is 22.8. The van der Waals surface area contributed by atoms with Crippen LogP contribution in [0.25, 0.3) is 10.9 Å². The van der Waals surface area contributed by atoms with Gasteiger partial charge in [-0.15, -0.1) is 0 Å². The average Bonchev–Trinajstić information content (AvgIpc) is 3.23. The molecule has 1 aliphatic heterocycles. The Morgan fingerprint density at radius 2 is 1.33 bits per heavy atom. The molecule has 6 heteroatoms. The summed E-state index contributed by atoms with van der Waals surface area (Å²) in [6.07, 6.45) is 1.94. The number of rotatable bonds is 4. The Balaban J connectivity index is 1.32. The smallest absolute Gasteiger partial charge is 0.256 e. The van der Waals surface area contributed by atoms with Crippen molar-refractivity contribution in [3.63, 3.8) is 0 Å². The zero-order valence-electron chi connectivity index (χ0n) is 18.2. The van der Waals surface area contributed by atoms with Gasteiger partial charge >= 0.3 is 0 Å². The van der Waals surface area contributed by atoms with Gasteiger partial charge in [-0.1, -0.05) is 48.5 Å². The summed E-state index contributed by atoms with van der Waals surface area (Å²) in [5.41, 5.74) is 3.33. The third-order valence-corrected chi connectivity index (χ3v) is 6.16. The number of aromatic nitrogens is 1. The maximum absolute atomic E-state index is 13.4. The number of piperazine rings is 1. The highest BCUT2D eigenvalue weighted by atomic mass is 19.1. The standard InChI is InChI=1S/C27H24FN3O2/c28-22-12-10-21(11-13-22)26(32)29-14-16-30(17-15-29)27(33)24-19-31(18-20-6-2-1-3-7-20)25-9-5-4-8-23(24)25/h1-13,19H,14-18H2. The molecule has 0 atom stereocenters. The lowest BCUT2D eigenvalue weighted by molar-refractivity contribution is 0.0536. The van der Waals surface area contributed by atoms with Crippen molar-refractivity contribution in [3.05, 3.63) is 108 Å². The normalized spacial score (nSPS) is 14.0. The van der Waals surface area contributed by atoms with E-state index >= 15 is 0 Å². The van der Waals surface area contributed by atoms with Crippen LogP contribution in [-0.4, -0.2) is 52.4 Å². The van der Waals surface area contributed by atoms with Gasteiger partial charge in [0.15, 0.2) is 0 Å². The average molecular weight is 442 g/mol. The Hall–Kier alpha value is -3.93. The van der Waals surface area contributed by atoms with Gasteiger partial charge in [-0.25, -0.2) is 4.39 Å². The minimum Gasteiger partial charge on any atom is -0.342 e. The number of carbonyl (C=O) groups excluding carboxylic acids is 2. The van der Waals surface area contributed by atoms with E-state index in [1.165, 1.54) is 29.8 Å². The molecule has 166 valence electrons. The van der Waals surface area contributed by atoms with Crippen LogP contribution in [0.2, 0.25) is 0 Å². The van der Waals surface area contributed by atoms with Gasteiger partial charge in [-0.05, 0) is 35.9 Å². The molecule has 5 nitrogen and oxygen atoms in total. The van der Waals surface area contributed by atoms with E-state index in [-0.39, 0.29) is 17.6 Å². The summed E-state index contributed by atoms with van der Waals surface area (Å²) in [4.78, 5) is 29.7. The number of halogens is 1. The number of hydrogen-bond acceptors (Lipinski definition) is 2. The van der Waals surface area contributed by atoms with Gasteiger partial charge in [0, 0.05) is 55.4 Å². The molecule has 0 N–H and O–H groups in total. The Kier molecular flexibility index (Phi) is 5.65. The Morgan fingerprint density at radius 1 is 0.727 bits per heavy atom. The van der Waals surface area contributed by atoms with Crippen molar-refractivity contribution in [2.24, 2.45) is 0 Å². The van der Waals surface area contributed by atoms with Crippen LogP contribution in [0, 0.1) is 5.82 Å². The Morgan fingerprint density at radius 3 is 2.03 bits per heavy atom. The molecule has 1 aromatic heterocycles. The fourth-order valence-corrected chi connectivity index (χ4v) is 4.39. The number of amides is 2. The van der Waals surface area contributed by atoms with Gasteiger partial charge in [-0.3, -0.25) is 9.59 Å². The van der Waals surface area contributed by atoms with E-state index in [1.807, 2.05) is 53.6 Å². The summed E-state index contributed by atoms with van der Waals surface area (Å²) in [6.45, 7) is 2.51. The highest BCUT2D eigenvalue weighted by Gasteiger charge is 2.27. The molecular weight excluding hydrogens is 417 g/mol. The first-order chi connectivity index (χ1) is 16.1. The SMILES string of the molecule is O=C(c1ccc(F)cc1)N1CCN(C(=O)c2cn(Cc3ccccc3)c3ccccc23)CC1. The second-order valence-corrected chi connectivity index (χ2v) is 8.26. The predicted octanol–water partition coefficient (Wildman–Crippen LogP) is 4.43. The topological polar surface area (TPSA) is 45.6 Å². The summed E-state index contributed by atoms with van der Waals surface area (Å²) in [6, 6.07) is 23.7. The summed E-state index contributed by atoms with van der Waals surface area (Å²) in [7, 11) is 0. The van der Waals surface area contributed by atoms with Crippen molar-refractivity contribution in [1.29, 1.82) is 0 Å². The highest BCUT2D eigenvalue weighted by Crippen LogP contribution is 2.24. The largest absolute Gasteiger partial charge is 0.342 e. The summed E-state index contributed by atoms with van der Waals surface area (Å²) < 4.78 is 15.3. The van der Waals surface area contributed by atoms with E-state index in [4.69, 9.17) is 0 Å². The molecule has 0 radical (unpaired) electrons. The summed E-state index contributed by atoms with van der Waals surface area (Å²) in [5, 5.41) is 0.934. The first-order valence-electron chi connectivity index (χ1n) is 11.1. The molecule has 2 heterocycles. The van der Waals surface area contributed by atoms with Crippen LogP contribution in [0.4, 0.5) is 4.39 Å². The van der Waals surface area contributed by atoms with Gasteiger partial charge in [0.25, 0.3) is 11.8 Å². The molecule has 4 aromatic rings. The van der Waals surface area contributed by atoms with Crippen molar-refractivity contribution in [2.75, 3.05) is 26.2 Å². The first-order valence-corrected chi connectivity index (χ1v) is 11.1. The second-order valence-electron chi connectivity index (χ2n) is 8.26. The van der Waals surface area contributed by atoms with Gasteiger partial charge < -0.3 is 14.4 Å². The van der Waals surface area contributed by atoms with E-state index < -0.39 is 0 Å². The number of benzene rings is 3. The van der Waals surface area contributed by atoms with Crippen molar-refractivity contribution >= 4 is 22.7 Å². The molecule has 2 amide bonds. The first kappa shape index (κ1) is 20.9. The lowest BCUT2D eigenvalue weighted by Crippen LogP contribution is -2.50. The van der Waals surface area contributed by atoms with Gasteiger partial charge in [0.2, 0.25) is 0 Å². The van der Waals surface area contributed by atoms with E-state index in [1.54, 1.807) is 4.90 Å². The number of nitrogens with zero attached hydrogens (tertiary/aromatic N) is 3. The van der Waals surface area contributed by atoms with Gasteiger partial charge in [0.05, 0.1) is 5.56 Å². The zero-order valence-corrected chi connectivity index (χ0v) is 18.2. The molecule has 3 aromatic carbocycles. The molecule has 1 fully saturated rings. The van der Waals surface area contributed by atoms with Crippen molar-refractivity contribution in [3.8, 4) is 0 Å². The molecule has 0 aliphatic carbocycles. The fourth-order valence-electron chi connectivity index (χ4n) is 4.39. The van der Waals surface area contributed by atoms with Crippen LogP contribution in [-0.2, 0) is 6.54 Å². The lowest BCUT2D eigenvalue weighted by atomic mass is 10.1. The summed E-state index contributed by atoms with van der Waals surface area (Å²) >= 11 is 0. The molecule has 0 spiro atoms. The molecule has 1 saturated heterocycles. The van der Waals surface area contributed by atoms with E-state index in [2.05, 4.69) is 16.7 Å². The minimum absolute atomic E-state index is 0.0214. The number of fused-ring (bicyclic) bond motifs is 1. The van der Waals surface area contributed by atoms with Crippen LogP contribution in [0.3, 0.4) is 0 Å². The lowest BCUT2D eigenvalue weighted by Gasteiger charge is -2.34. The summed E-state index contributed by atoms with van der Waals surface area (Å²) in [5.74, 6) is -0.526. The number of para-hydroxylation sites is 1. The maximum Gasteiger partial charge on any atom is 0.256 e. The molecule has 0 unspecified atom stereocenters. The highest BCUT2D eigenvalue weighted by molar-refractivity contribution is 6.07. The van der Waals surface area contributed by atoms with E-state index in [9.17, 15) is 14.0 Å². The molecule has 5 rings (SSSR count). The van der Waals surface area contributed by atoms with Crippen LogP contribution in [0.15, 0.2) is 85.1 Å².